The Hall–Kier alpha value is -1.09. The van der Waals surface area contributed by atoms with Crippen molar-refractivity contribution < 1.29 is 13.7 Å². The molecule has 1 amide bonds. The number of amides is 1. The lowest BCUT2D eigenvalue weighted by Crippen LogP contribution is -2.22. The second-order valence-electron chi connectivity index (χ2n) is 3.83. The fourth-order valence-corrected chi connectivity index (χ4v) is 1.25. The van der Waals surface area contributed by atoms with Gasteiger partial charge in [0.1, 0.15) is 11.4 Å². The molecule has 0 N–H and O–H groups in total. The lowest BCUT2D eigenvalue weighted by atomic mass is 10.2. The van der Waals surface area contributed by atoms with E-state index in [1.807, 2.05) is 0 Å². The van der Waals surface area contributed by atoms with Gasteiger partial charge in [-0.3, -0.25) is 0 Å². The molecular formula is C8H14N2O3S. The maximum absolute atomic E-state index is 11.4. The van der Waals surface area contributed by atoms with Gasteiger partial charge >= 0.3 is 6.09 Å². The number of carbonyl (C=O) groups excluding carboxylic acids is 1. The van der Waals surface area contributed by atoms with Gasteiger partial charge in [0.25, 0.3) is 0 Å². The van der Waals surface area contributed by atoms with Crippen LogP contribution in [0.15, 0.2) is 4.36 Å². The molecule has 80 valence electrons. The molecule has 0 aromatic carbocycles. The van der Waals surface area contributed by atoms with E-state index in [-0.39, 0.29) is 5.75 Å². The summed E-state index contributed by atoms with van der Waals surface area (Å²) in [5.41, 5.74) is -0.664. The van der Waals surface area contributed by atoms with Crippen LogP contribution in [-0.4, -0.2) is 27.9 Å². The van der Waals surface area contributed by atoms with Crippen molar-refractivity contribution in [3.8, 4) is 6.07 Å². The average Bonchev–Trinajstić information content (AvgIpc) is 1.78. The summed E-state index contributed by atoms with van der Waals surface area (Å²) in [7, 11) is -2.76. The molecule has 14 heavy (non-hydrogen) atoms. The van der Waals surface area contributed by atoms with Crippen LogP contribution in [0, 0.1) is 11.3 Å². The molecule has 0 aliphatic heterocycles. The summed E-state index contributed by atoms with van der Waals surface area (Å²) < 4.78 is 19.5. The lowest BCUT2D eigenvalue weighted by Gasteiger charge is -2.17. The Bertz CT molecular complexity index is 367. The van der Waals surface area contributed by atoms with Gasteiger partial charge in [0.15, 0.2) is 0 Å². The minimum Gasteiger partial charge on any atom is -0.442 e. The van der Waals surface area contributed by atoms with Gasteiger partial charge < -0.3 is 4.74 Å². The van der Waals surface area contributed by atoms with Gasteiger partial charge in [-0.1, -0.05) is 0 Å². The minimum absolute atomic E-state index is 0.272. The smallest absolute Gasteiger partial charge is 0.442 e. The van der Waals surface area contributed by atoms with Gasteiger partial charge in [-0.2, -0.15) is 5.26 Å². The summed E-state index contributed by atoms with van der Waals surface area (Å²) in [6, 6.07) is 1.70. The SMILES string of the molecule is CC(C)(C)OC(=O)N=S(C)(=O)CC#N. The highest BCUT2D eigenvalue weighted by molar-refractivity contribution is 7.93. The van der Waals surface area contributed by atoms with Crippen LogP contribution < -0.4 is 0 Å². The Kier molecular flexibility index (Phi) is 4.08. The van der Waals surface area contributed by atoms with Crippen molar-refractivity contribution in [1.29, 1.82) is 5.26 Å². The van der Waals surface area contributed by atoms with E-state index in [9.17, 15) is 9.00 Å². The predicted molar refractivity (Wildman–Crippen MR) is 53.2 cm³/mol. The van der Waals surface area contributed by atoms with Crippen molar-refractivity contribution >= 4 is 15.8 Å². The monoisotopic (exact) mass is 218 g/mol. The minimum atomic E-state index is -2.76. The molecule has 0 aromatic rings. The first-order valence-corrected chi connectivity index (χ1v) is 6.05. The first kappa shape index (κ1) is 12.9. The molecule has 0 rings (SSSR count). The molecule has 0 bridgehead atoms. The number of nitriles is 1. The predicted octanol–water partition coefficient (Wildman–Crippen LogP) is 1.54. The Morgan fingerprint density at radius 2 is 2.07 bits per heavy atom. The standard InChI is InChI=1S/C8H14N2O3S/c1-8(2,3)13-7(11)10-14(4,12)6-5-9/h6H2,1-4H3. The van der Waals surface area contributed by atoms with Crippen LogP contribution in [0.5, 0.6) is 0 Å². The topological polar surface area (TPSA) is 79.5 Å². The molecule has 0 radical (unpaired) electrons. The molecule has 0 aromatic heterocycles. The molecule has 1 unspecified atom stereocenters. The van der Waals surface area contributed by atoms with Crippen molar-refractivity contribution in [2.75, 3.05) is 12.0 Å². The Balaban J connectivity index is 4.62. The van der Waals surface area contributed by atoms with Gasteiger partial charge in [0.2, 0.25) is 0 Å². The third-order valence-electron chi connectivity index (χ3n) is 0.993. The van der Waals surface area contributed by atoms with Gasteiger partial charge in [0, 0.05) is 6.26 Å². The van der Waals surface area contributed by atoms with Crippen molar-refractivity contribution in [1.82, 2.24) is 0 Å². The van der Waals surface area contributed by atoms with E-state index >= 15 is 0 Å². The van der Waals surface area contributed by atoms with Crippen molar-refractivity contribution in [3.63, 3.8) is 0 Å². The maximum atomic E-state index is 11.4. The number of hydrogen-bond donors (Lipinski definition) is 0. The van der Waals surface area contributed by atoms with Crippen LogP contribution in [0.2, 0.25) is 0 Å². The van der Waals surface area contributed by atoms with Gasteiger partial charge in [0.05, 0.1) is 15.8 Å². The summed E-state index contributed by atoms with van der Waals surface area (Å²) in [4.78, 5) is 11.1. The summed E-state index contributed by atoms with van der Waals surface area (Å²) in [6.45, 7) is 5.05. The highest BCUT2D eigenvalue weighted by Crippen LogP contribution is 2.08. The van der Waals surface area contributed by atoms with Crippen LogP contribution in [-0.2, 0) is 14.5 Å². The van der Waals surface area contributed by atoms with Crippen molar-refractivity contribution in [2.45, 2.75) is 26.4 Å². The van der Waals surface area contributed by atoms with Crippen molar-refractivity contribution in [2.24, 2.45) is 4.36 Å². The molecule has 6 heteroatoms. The van der Waals surface area contributed by atoms with Crippen LogP contribution in [0.3, 0.4) is 0 Å². The van der Waals surface area contributed by atoms with Gasteiger partial charge in [-0.25, -0.2) is 9.00 Å². The molecule has 0 spiro atoms. The Morgan fingerprint density at radius 3 is 2.43 bits per heavy atom. The van der Waals surface area contributed by atoms with Crippen LogP contribution in [0.25, 0.3) is 0 Å². The van der Waals surface area contributed by atoms with E-state index in [1.165, 1.54) is 6.26 Å². The van der Waals surface area contributed by atoms with E-state index in [1.54, 1.807) is 26.8 Å². The summed E-state index contributed by atoms with van der Waals surface area (Å²) in [5, 5.41) is 8.31. The molecule has 0 saturated heterocycles. The highest BCUT2D eigenvalue weighted by atomic mass is 32.2. The molecule has 0 saturated carbocycles. The van der Waals surface area contributed by atoms with E-state index in [4.69, 9.17) is 10.00 Å². The van der Waals surface area contributed by atoms with Crippen LogP contribution >= 0.6 is 0 Å². The summed E-state index contributed by atoms with van der Waals surface area (Å²) in [6.07, 6.45) is 0.361. The van der Waals surface area contributed by atoms with Crippen LogP contribution in [0.1, 0.15) is 20.8 Å². The molecular weight excluding hydrogens is 204 g/mol. The lowest BCUT2D eigenvalue weighted by molar-refractivity contribution is 0.0607. The third kappa shape index (κ3) is 6.43. The Morgan fingerprint density at radius 1 is 1.57 bits per heavy atom. The molecule has 1 atom stereocenters. The number of carbonyl (C=O) groups is 1. The maximum Gasteiger partial charge on any atom is 0.442 e. The van der Waals surface area contributed by atoms with E-state index in [0.717, 1.165) is 0 Å². The Labute approximate surface area is 84.2 Å². The highest BCUT2D eigenvalue weighted by Gasteiger charge is 2.16. The zero-order valence-electron chi connectivity index (χ0n) is 8.73. The number of ether oxygens (including phenoxy) is 1. The third-order valence-corrected chi connectivity index (χ3v) is 2.19. The molecule has 0 aliphatic rings. The number of hydrogen-bond acceptors (Lipinski definition) is 4. The quantitative estimate of drug-likeness (QED) is 0.668. The van der Waals surface area contributed by atoms with E-state index in [0.29, 0.717) is 0 Å². The fraction of sp³-hybridized carbons (Fsp3) is 0.750. The molecule has 0 aliphatic carbocycles. The van der Waals surface area contributed by atoms with Crippen LogP contribution in [0.4, 0.5) is 4.79 Å². The second kappa shape index (κ2) is 4.42. The zero-order valence-corrected chi connectivity index (χ0v) is 9.55. The normalized spacial score (nSPS) is 15.1. The zero-order chi connectivity index (χ0) is 11.4. The molecule has 5 nitrogen and oxygen atoms in total. The fourth-order valence-electron chi connectivity index (χ4n) is 0.590. The molecule has 0 fully saturated rings. The van der Waals surface area contributed by atoms with E-state index < -0.39 is 21.4 Å². The molecule has 0 heterocycles. The second-order valence-corrected chi connectivity index (χ2v) is 6.22. The first-order valence-electron chi connectivity index (χ1n) is 3.96. The number of rotatable bonds is 1. The average molecular weight is 218 g/mol. The largest absolute Gasteiger partial charge is 0.442 e. The van der Waals surface area contributed by atoms with Gasteiger partial charge in [-0.15, -0.1) is 4.36 Å². The number of nitrogens with zero attached hydrogens (tertiary/aromatic N) is 2. The van der Waals surface area contributed by atoms with E-state index in [2.05, 4.69) is 4.36 Å². The summed E-state index contributed by atoms with van der Waals surface area (Å²) in [5.74, 6) is -0.272. The first-order chi connectivity index (χ1) is 6.16. The van der Waals surface area contributed by atoms with Crippen molar-refractivity contribution in [3.05, 3.63) is 0 Å². The summed E-state index contributed by atoms with van der Waals surface area (Å²) >= 11 is 0. The van der Waals surface area contributed by atoms with Gasteiger partial charge in [-0.05, 0) is 20.8 Å².